The zero-order valence-corrected chi connectivity index (χ0v) is 13.7. The van der Waals surface area contributed by atoms with E-state index < -0.39 is 5.60 Å². The first-order chi connectivity index (χ1) is 9.91. The van der Waals surface area contributed by atoms with Crippen LogP contribution in [0.4, 0.5) is 0 Å². The zero-order valence-electron chi connectivity index (χ0n) is 13.7. The van der Waals surface area contributed by atoms with E-state index in [4.69, 9.17) is 14.2 Å². The summed E-state index contributed by atoms with van der Waals surface area (Å²) < 4.78 is 15.9. The number of hydrogen-bond donors (Lipinski definition) is 1. The number of hydrogen-bond acceptors (Lipinski definition) is 5. The molecule has 21 heavy (non-hydrogen) atoms. The normalized spacial score (nSPS) is 11.8. The Balaban J connectivity index is 2.91. The molecule has 0 amide bonds. The van der Waals surface area contributed by atoms with Crippen molar-refractivity contribution in [3.05, 3.63) is 23.8 Å². The van der Waals surface area contributed by atoms with Gasteiger partial charge in [-0.15, -0.1) is 0 Å². The Hall–Kier alpha value is -1.30. The molecule has 120 valence electrons. The van der Waals surface area contributed by atoms with E-state index in [0.717, 1.165) is 17.9 Å². The fourth-order valence-electron chi connectivity index (χ4n) is 2.30. The molecule has 0 heterocycles. The minimum atomic E-state index is -0.764. The van der Waals surface area contributed by atoms with Gasteiger partial charge < -0.3 is 19.3 Å². The highest BCUT2D eigenvalue weighted by Gasteiger charge is 2.20. The number of nitrogens with zero attached hydrogens (tertiary/aromatic N) is 1. The summed E-state index contributed by atoms with van der Waals surface area (Å²) in [7, 11) is 4.94. The molecule has 0 aromatic heterocycles. The van der Waals surface area contributed by atoms with E-state index >= 15 is 0 Å². The molecule has 1 rings (SSSR count). The molecule has 0 atom stereocenters. The van der Waals surface area contributed by atoms with E-state index in [-0.39, 0.29) is 0 Å². The minimum Gasteiger partial charge on any atom is -0.493 e. The summed E-state index contributed by atoms with van der Waals surface area (Å²) in [4.78, 5) is 2.14. The molecule has 0 aliphatic rings. The van der Waals surface area contributed by atoms with E-state index in [0.29, 0.717) is 25.4 Å². The monoisotopic (exact) mass is 297 g/mol. The number of aliphatic hydroxyl groups is 1. The van der Waals surface area contributed by atoms with Crippen molar-refractivity contribution in [1.29, 1.82) is 0 Å². The molecule has 0 spiro atoms. The van der Waals surface area contributed by atoms with Crippen LogP contribution in [-0.2, 0) is 11.3 Å². The van der Waals surface area contributed by atoms with Crippen LogP contribution in [0.25, 0.3) is 0 Å². The van der Waals surface area contributed by atoms with Crippen LogP contribution in [0.5, 0.6) is 11.5 Å². The maximum Gasteiger partial charge on any atom is 0.165 e. The molecule has 0 saturated heterocycles. The molecule has 1 N–H and O–H groups in total. The number of benzene rings is 1. The van der Waals surface area contributed by atoms with Crippen LogP contribution in [-0.4, -0.2) is 56.6 Å². The molecule has 1 aromatic rings. The topological polar surface area (TPSA) is 51.2 Å². The third kappa shape index (κ3) is 5.91. The average Bonchev–Trinajstić information content (AvgIpc) is 2.42. The first kappa shape index (κ1) is 17.8. The van der Waals surface area contributed by atoms with Crippen molar-refractivity contribution in [1.82, 2.24) is 4.90 Å². The number of ether oxygens (including phenoxy) is 3. The molecule has 0 fully saturated rings. The van der Waals surface area contributed by atoms with E-state index in [9.17, 15) is 5.11 Å². The number of methoxy groups -OCH3 is 3. The van der Waals surface area contributed by atoms with Gasteiger partial charge in [0.2, 0.25) is 0 Å². The smallest absolute Gasteiger partial charge is 0.165 e. The molecule has 0 radical (unpaired) electrons. The van der Waals surface area contributed by atoms with Crippen molar-refractivity contribution < 1.29 is 19.3 Å². The summed E-state index contributed by atoms with van der Waals surface area (Å²) in [6.07, 6.45) is 0. The second-order valence-corrected chi connectivity index (χ2v) is 5.67. The summed E-state index contributed by atoms with van der Waals surface area (Å²) >= 11 is 0. The number of para-hydroxylation sites is 1. The molecule has 0 saturated carbocycles. The Morgan fingerprint density at radius 2 is 1.86 bits per heavy atom. The van der Waals surface area contributed by atoms with Crippen LogP contribution in [0.2, 0.25) is 0 Å². The highest BCUT2D eigenvalue weighted by atomic mass is 16.5. The molecule has 0 unspecified atom stereocenters. The Kier molecular flexibility index (Phi) is 6.95. The lowest BCUT2D eigenvalue weighted by molar-refractivity contribution is 0.0245. The summed E-state index contributed by atoms with van der Waals surface area (Å²) in [5.41, 5.74) is 0.261. The van der Waals surface area contributed by atoms with E-state index in [1.54, 1.807) is 35.2 Å². The van der Waals surface area contributed by atoms with Crippen LogP contribution in [0.15, 0.2) is 18.2 Å². The summed E-state index contributed by atoms with van der Waals surface area (Å²) in [6.45, 7) is 6.17. The fraction of sp³-hybridized carbons (Fsp3) is 0.625. The third-order valence-electron chi connectivity index (χ3n) is 3.10. The van der Waals surface area contributed by atoms with Gasteiger partial charge in [-0.1, -0.05) is 12.1 Å². The molecular weight excluding hydrogens is 270 g/mol. The Bertz CT molecular complexity index is 429. The van der Waals surface area contributed by atoms with Crippen molar-refractivity contribution in [2.24, 2.45) is 0 Å². The average molecular weight is 297 g/mol. The van der Waals surface area contributed by atoms with Gasteiger partial charge in [-0.2, -0.15) is 0 Å². The molecule has 5 nitrogen and oxygen atoms in total. The molecule has 0 bridgehead atoms. The van der Waals surface area contributed by atoms with Crippen LogP contribution in [0.1, 0.15) is 19.4 Å². The minimum absolute atomic E-state index is 0.552. The lowest BCUT2D eigenvalue weighted by atomic mass is 10.1. The van der Waals surface area contributed by atoms with Gasteiger partial charge in [-0.25, -0.2) is 0 Å². The third-order valence-corrected chi connectivity index (χ3v) is 3.10. The fourth-order valence-corrected chi connectivity index (χ4v) is 2.30. The SMILES string of the molecule is COCCN(Cc1cccc(OC)c1OC)CC(C)(C)O. The van der Waals surface area contributed by atoms with Gasteiger partial charge in [0.1, 0.15) is 0 Å². The van der Waals surface area contributed by atoms with Gasteiger partial charge in [0, 0.05) is 32.3 Å². The highest BCUT2D eigenvalue weighted by molar-refractivity contribution is 5.46. The second kappa shape index (κ2) is 8.22. The Labute approximate surface area is 127 Å². The Morgan fingerprint density at radius 3 is 2.38 bits per heavy atom. The summed E-state index contributed by atoms with van der Waals surface area (Å²) in [5, 5.41) is 10.1. The maximum atomic E-state index is 10.1. The summed E-state index contributed by atoms with van der Waals surface area (Å²) in [6, 6.07) is 5.82. The second-order valence-electron chi connectivity index (χ2n) is 5.67. The predicted octanol–water partition coefficient (Wildman–Crippen LogP) is 1.92. The van der Waals surface area contributed by atoms with Crippen molar-refractivity contribution in [3.8, 4) is 11.5 Å². The van der Waals surface area contributed by atoms with Gasteiger partial charge in [0.05, 0.1) is 26.4 Å². The van der Waals surface area contributed by atoms with Gasteiger partial charge in [0.15, 0.2) is 11.5 Å². The molecular formula is C16H27NO4. The van der Waals surface area contributed by atoms with Crippen molar-refractivity contribution in [2.45, 2.75) is 26.0 Å². The van der Waals surface area contributed by atoms with E-state index in [1.165, 1.54) is 0 Å². The maximum absolute atomic E-state index is 10.1. The molecule has 0 aliphatic heterocycles. The standard InChI is InChI=1S/C16H27NO4/c1-16(2,18)12-17(9-10-19-3)11-13-7-6-8-14(20-4)15(13)21-5/h6-8,18H,9-12H2,1-5H3. The van der Waals surface area contributed by atoms with Gasteiger partial charge in [0.25, 0.3) is 0 Å². The number of rotatable bonds is 9. The lowest BCUT2D eigenvalue weighted by Crippen LogP contribution is -2.39. The quantitative estimate of drug-likeness (QED) is 0.755. The van der Waals surface area contributed by atoms with E-state index in [2.05, 4.69) is 4.90 Å². The van der Waals surface area contributed by atoms with Gasteiger partial charge in [-0.05, 0) is 19.9 Å². The first-order valence-electron chi connectivity index (χ1n) is 7.05. The van der Waals surface area contributed by atoms with Crippen LogP contribution in [0, 0.1) is 0 Å². The molecule has 1 aromatic carbocycles. The molecule has 0 aliphatic carbocycles. The van der Waals surface area contributed by atoms with Gasteiger partial charge in [-0.3, -0.25) is 4.90 Å². The molecule has 5 heteroatoms. The Morgan fingerprint density at radius 1 is 1.14 bits per heavy atom. The zero-order chi connectivity index (χ0) is 15.9. The summed E-state index contributed by atoms with van der Waals surface area (Å²) in [5.74, 6) is 1.45. The van der Waals surface area contributed by atoms with Crippen LogP contribution in [0.3, 0.4) is 0 Å². The van der Waals surface area contributed by atoms with Gasteiger partial charge >= 0.3 is 0 Å². The van der Waals surface area contributed by atoms with Crippen LogP contribution < -0.4 is 9.47 Å². The van der Waals surface area contributed by atoms with Crippen LogP contribution >= 0.6 is 0 Å². The van der Waals surface area contributed by atoms with Crippen molar-refractivity contribution >= 4 is 0 Å². The van der Waals surface area contributed by atoms with Crippen molar-refractivity contribution in [2.75, 3.05) is 41.0 Å². The largest absolute Gasteiger partial charge is 0.493 e. The van der Waals surface area contributed by atoms with E-state index in [1.807, 2.05) is 18.2 Å². The predicted molar refractivity (Wildman–Crippen MR) is 83.0 cm³/mol. The van der Waals surface area contributed by atoms with Crippen molar-refractivity contribution in [3.63, 3.8) is 0 Å². The lowest BCUT2D eigenvalue weighted by Gasteiger charge is -2.29. The highest BCUT2D eigenvalue weighted by Crippen LogP contribution is 2.31. The first-order valence-corrected chi connectivity index (χ1v) is 7.05.